The monoisotopic (exact) mass is 182 g/mol. The average Bonchev–Trinajstić information content (AvgIpc) is 2.95. The second-order valence-corrected chi connectivity index (χ2v) is 4.71. The van der Waals surface area contributed by atoms with Gasteiger partial charge in [-0.2, -0.15) is 0 Å². The zero-order valence-corrected chi connectivity index (χ0v) is 9.52. The van der Waals surface area contributed by atoms with Crippen molar-refractivity contribution in [2.75, 3.05) is 0 Å². The van der Waals surface area contributed by atoms with Crippen molar-refractivity contribution >= 4 is 0 Å². The fraction of sp³-hybridized carbons (Fsp3) is 1.00. The van der Waals surface area contributed by atoms with Crippen LogP contribution in [0.25, 0.3) is 0 Å². The molecule has 0 spiro atoms. The summed E-state index contributed by atoms with van der Waals surface area (Å²) < 4.78 is 0. The molecule has 1 aliphatic rings. The maximum absolute atomic E-state index is 2.37. The highest BCUT2D eigenvalue weighted by Gasteiger charge is 2.28. The van der Waals surface area contributed by atoms with E-state index in [1.54, 1.807) is 0 Å². The van der Waals surface area contributed by atoms with Gasteiger partial charge in [0.25, 0.3) is 0 Å². The molecule has 1 fully saturated rings. The van der Waals surface area contributed by atoms with Crippen molar-refractivity contribution in [3.63, 3.8) is 0 Å². The molecule has 0 bridgehead atoms. The van der Waals surface area contributed by atoms with Crippen molar-refractivity contribution in [2.24, 2.45) is 11.8 Å². The van der Waals surface area contributed by atoms with E-state index in [0.29, 0.717) is 0 Å². The first kappa shape index (κ1) is 11.1. The Morgan fingerprint density at radius 3 is 2.23 bits per heavy atom. The van der Waals surface area contributed by atoms with E-state index < -0.39 is 0 Å². The first-order valence-electron chi connectivity index (χ1n) is 6.38. The van der Waals surface area contributed by atoms with Crippen LogP contribution in [0.15, 0.2) is 0 Å². The summed E-state index contributed by atoms with van der Waals surface area (Å²) in [6.45, 7) is 4.66. The number of unbranched alkanes of at least 4 members (excludes halogenated alkanes) is 4. The molecule has 1 atom stereocenters. The minimum absolute atomic E-state index is 1.08. The van der Waals surface area contributed by atoms with Gasteiger partial charge < -0.3 is 0 Å². The van der Waals surface area contributed by atoms with Gasteiger partial charge in [-0.25, -0.2) is 0 Å². The molecule has 0 saturated heterocycles. The second kappa shape index (κ2) is 6.45. The van der Waals surface area contributed by atoms with Gasteiger partial charge in [-0.15, -0.1) is 0 Å². The van der Waals surface area contributed by atoms with Gasteiger partial charge in [0.15, 0.2) is 0 Å². The second-order valence-electron chi connectivity index (χ2n) is 4.71. The molecule has 0 heterocycles. The van der Waals surface area contributed by atoms with E-state index in [2.05, 4.69) is 13.8 Å². The fourth-order valence-electron chi connectivity index (χ4n) is 2.35. The summed E-state index contributed by atoms with van der Waals surface area (Å²) in [6.07, 6.45) is 13.3. The van der Waals surface area contributed by atoms with Crippen LogP contribution >= 0.6 is 0 Å². The average molecular weight is 182 g/mol. The highest BCUT2D eigenvalue weighted by Crippen LogP contribution is 2.40. The Hall–Kier alpha value is 0. The van der Waals surface area contributed by atoms with Crippen molar-refractivity contribution in [1.29, 1.82) is 0 Å². The third-order valence-corrected chi connectivity index (χ3v) is 3.49. The van der Waals surface area contributed by atoms with Crippen LogP contribution < -0.4 is 0 Å². The lowest BCUT2D eigenvalue weighted by atomic mass is 9.93. The van der Waals surface area contributed by atoms with Crippen molar-refractivity contribution in [3.8, 4) is 0 Å². The lowest BCUT2D eigenvalue weighted by molar-refractivity contribution is 0.393. The summed E-state index contributed by atoms with van der Waals surface area (Å²) in [5.74, 6) is 2.22. The summed E-state index contributed by atoms with van der Waals surface area (Å²) in [5, 5.41) is 0. The van der Waals surface area contributed by atoms with Crippen molar-refractivity contribution < 1.29 is 0 Å². The van der Waals surface area contributed by atoms with Crippen LogP contribution in [0.5, 0.6) is 0 Å². The predicted octanol–water partition coefficient (Wildman–Crippen LogP) is 4.78. The molecule has 0 aliphatic heterocycles. The van der Waals surface area contributed by atoms with Gasteiger partial charge in [0, 0.05) is 0 Å². The summed E-state index contributed by atoms with van der Waals surface area (Å²) >= 11 is 0. The smallest absolute Gasteiger partial charge is 0.0386 e. The van der Waals surface area contributed by atoms with Gasteiger partial charge in [-0.3, -0.25) is 0 Å². The minimum atomic E-state index is 1.08. The fourth-order valence-corrected chi connectivity index (χ4v) is 2.35. The molecule has 1 rings (SSSR count). The largest absolute Gasteiger partial charge is 0.0654 e. The van der Waals surface area contributed by atoms with E-state index in [1.165, 1.54) is 57.8 Å². The Kier molecular flexibility index (Phi) is 5.50. The summed E-state index contributed by atoms with van der Waals surface area (Å²) in [6, 6.07) is 0. The summed E-state index contributed by atoms with van der Waals surface area (Å²) in [5.41, 5.74) is 0. The van der Waals surface area contributed by atoms with Crippen LogP contribution in [0.2, 0.25) is 0 Å². The molecule has 0 aromatic carbocycles. The first-order valence-corrected chi connectivity index (χ1v) is 6.38. The van der Waals surface area contributed by atoms with Crippen molar-refractivity contribution in [3.05, 3.63) is 0 Å². The van der Waals surface area contributed by atoms with Gasteiger partial charge >= 0.3 is 0 Å². The number of hydrogen-bond donors (Lipinski definition) is 0. The van der Waals surface area contributed by atoms with E-state index >= 15 is 0 Å². The quantitative estimate of drug-likeness (QED) is 0.474. The first-order chi connectivity index (χ1) is 6.38. The van der Waals surface area contributed by atoms with E-state index in [0.717, 1.165) is 11.8 Å². The third kappa shape index (κ3) is 4.69. The van der Waals surface area contributed by atoms with E-state index in [-0.39, 0.29) is 0 Å². The van der Waals surface area contributed by atoms with Gasteiger partial charge in [-0.05, 0) is 24.7 Å². The molecule has 0 N–H and O–H groups in total. The van der Waals surface area contributed by atoms with E-state index in [1.807, 2.05) is 0 Å². The highest BCUT2D eigenvalue weighted by molar-refractivity contribution is 4.80. The third-order valence-electron chi connectivity index (χ3n) is 3.49. The molecule has 1 unspecified atom stereocenters. The molecule has 13 heavy (non-hydrogen) atoms. The SMILES string of the molecule is CCCCCCCC(CC)C1CC1. The molecule has 0 aromatic rings. The van der Waals surface area contributed by atoms with Gasteiger partial charge in [0.05, 0.1) is 0 Å². The molecule has 0 heteroatoms. The highest BCUT2D eigenvalue weighted by atomic mass is 14.3. The Morgan fingerprint density at radius 1 is 1.00 bits per heavy atom. The Labute approximate surface area is 84.1 Å². The standard InChI is InChI=1S/C13H26/c1-3-5-6-7-8-9-12(4-2)13-10-11-13/h12-13H,3-11H2,1-2H3. The maximum atomic E-state index is 2.37. The minimum Gasteiger partial charge on any atom is -0.0654 e. The lowest BCUT2D eigenvalue weighted by Crippen LogP contribution is -2.00. The Balaban J connectivity index is 1.90. The number of hydrogen-bond acceptors (Lipinski definition) is 0. The van der Waals surface area contributed by atoms with Crippen LogP contribution in [0.3, 0.4) is 0 Å². The molecule has 0 nitrogen and oxygen atoms in total. The van der Waals surface area contributed by atoms with Gasteiger partial charge in [-0.1, -0.05) is 58.8 Å². The van der Waals surface area contributed by atoms with Crippen molar-refractivity contribution in [1.82, 2.24) is 0 Å². The van der Waals surface area contributed by atoms with Crippen molar-refractivity contribution in [2.45, 2.75) is 71.6 Å². The number of rotatable bonds is 8. The molecule has 0 aromatic heterocycles. The van der Waals surface area contributed by atoms with Crippen LogP contribution in [0.1, 0.15) is 71.6 Å². The maximum Gasteiger partial charge on any atom is -0.0386 e. The Morgan fingerprint density at radius 2 is 1.69 bits per heavy atom. The van der Waals surface area contributed by atoms with Gasteiger partial charge in [0.1, 0.15) is 0 Å². The molecule has 1 aliphatic carbocycles. The Bertz CT molecular complexity index is 113. The van der Waals surface area contributed by atoms with E-state index in [4.69, 9.17) is 0 Å². The van der Waals surface area contributed by atoms with Crippen LogP contribution in [0.4, 0.5) is 0 Å². The molecular formula is C13H26. The molecule has 78 valence electrons. The molecule has 0 radical (unpaired) electrons. The zero-order valence-electron chi connectivity index (χ0n) is 9.52. The zero-order chi connectivity index (χ0) is 9.52. The molecular weight excluding hydrogens is 156 g/mol. The van der Waals surface area contributed by atoms with E-state index in [9.17, 15) is 0 Å². The molecule has 0 amide bonds. The molecule has 1 saturated carbocycles. The summed E-state index contributed by atoms with van der Waals surface area (Å²) in [7, 11) is 0. The summed E-state index contributed by atoms with van der Waals surface area (Å²) in [4.78, 5) is 0. The normalized spacial score (nSPS) is 18.9. The van der Waals surface area contributed by atoms with Crippen LogP contribution in [-0.2, 0) is 0 Å². The predicted molar refractivity (Wildman–Crippen MR) is 59.9 cm³/mol. The topological polar surface area (TPSA) is 0 Å². The van der Waals surface area contributed by atoms with Crippen LogP contribution in [-0.4, -0.2) is 0 Å². The van der Waals surface area contributed by atoms with Gasteiger partial charge in [0.2, 0.25) is 0 Å². The lowest BCUT2D eigenvalue weighted by Gasteiger charge is -2.12. The van der Waals surface area contributed by atoms with Crippen LogP contribution in [0, 0.1) is 11.8 Å².